The maximum absolute atomic E-state index is 11.6. The molecule has 0 N–H and O–H groups in total. The van der Waals surface area contributed by atoms with E-state index in [0.29, 0.717) is 18.9 Å². The van der Waals surface area contributed by atoms with Gasteiger partial charge in [-0.15, -0.1) is 0 Å². The second-order valence-electron chi connectivity index (χ2n) is 6.39. The van der Waals surface area contributed by atoms with E-state index >= 15 is 0 Å². The lowest BCUT2D eigenvalue weighted by molar-refractivity contribution is -0.123. The third-order valence-electron chi connectivity index (χ3n) is 3.94. The van der Waals surface area contributed by atoms with Gasteiger partial charge < -0.3 is 9.47 Å². The molecule has 136 valence electrons. The fraction of sp³-hybridized carbons (Fsp3) is 0.348. The Balaban J connectivity index is 1.92. The Morgan fingerprint density at radius 2 is 1.58 bits per heavy atom. The van der Waals surface area contributed by atoms with E-state index in [9.17, 15) is 4.79 Å². The summed E-state index contributed by atoms with van der Waals surface area (Å²) in [7, 11) is 1.55. The van der Waals surface area contributed by atoms with E-state index in [0.717, 1.165) is 23.3 Å². The average Bonchev–Trinajstić information content (AvgIpc) is 2.62. The third kappa shape index (κ3) is 6.74. The normalized spacial score (nSPS) is 11.3. The molecular formula is C23H26O3. The molecule has 3 heteroatoms. The topological polar surface area (TPSA) is 35.5 Å². The molecule has 3 nitrogen and oxygen atoms in total. The fourth-order valence-electron chi connectivity index (χ4n) is 2.75. The van der Waals surface area contributed by atoms with Gasteiger partial charge >= 0.3 is 0 Å². The molecule has 0 radical (unpaired) electrons. The fourth-order valence-corrected chi connectivity index (χ4v) is 2.75. The number of rotatable bonds is 8. The van der Waals surface area contributed by atoms with Crippen LogP contribution >= 0.6 is 0 Å². The zero-order valence-electron chi connectivity index (χ0n) is 15.7. The second-order valence-corrected chi connectivity index (χ2v) is 6.39. The summed E-state index contributed by atoms with van der Waals surface area (Å²) in [6.45, 7) is 4.92. The highest BCUT2D eigenvalue weighted by Crippen LogP contribution is 2.14. The SMILES string of the molecule is CCOc1ccc(C#Cc2ccc(CC(C)CC(=O)COC)cc2)cc1. The molecule has 2 aromatic rings. The number of carbonyl (C=O) groups excluding carboxylic acids is 1. The van der Waals surface area contributed by atoms with E-state index in [4.69, 9.17) is 9.47 Å². The first-order valence-electron chi connectivity index (χ1n) is 8.95. The van der Waals surface area contributed by atoms with Crippen LogP contribution in [0.15, 0.2) is 48.5 Å². The summed E-state index contributed by atoms with van der Waals surface area (Å²) in [6, 6.07) is 16.0. The Bertz CT molecular complexity index is 749. The predicted octanol–water partition coefficient (Wildman–Crippen LogP) is 4.27. The van der Waals surface area contributed by atoms with Crippen LogP contribution < -0.4 is 4.74 Å². The van der Waals surface area contributed by atoms with Crippen LogP contribution in [0.5, 0.6) is 5.75 Å². The Morgan fingerprint density at radius 1 is 1.00 bits per heavy atom. The molecule has 1 atom stereocenters. The lowest BCUT2D eigenvalue weighted by atomic mass is 9.96. The van der Waals surface area contributed by atoms with Crippen LogP contribution in [0.3, 0.4) is 0 Å². The standard InChI is InChI=1S/C23H26O3/c1-4-26-23-13-11-20(12-14-23)6-5-19-7-9-21(10-8-19)15-18(2)16-22(24)17-25-3/h7-14,18H,4,15-17H2,1-3H3. The molecule has 0 saturated carbocycles. The molecular weight excluding hydrogens is 324 g/mol. The maximum Gasteiger partial charge on any atom is 0.158 e. The van der Waals surface area contributed by atoms with Crippen molar-refractivity contribution in [3.05, 3.63) is 65.2 Å². The molecule has 0 bridgehead atoms. The molecule has 0 saturated heterocycles. The van der Waals surface area contributed by atoms with Gasteiger partial charge in [-0.25, -0.2) is 0 Å². The highest BCUT2D eigenvalue weighted by Gasteiger charge is 2.09. The molecule has 0 aliphatic carbocycles. The summed E-state index contributed by atoms with van der Waals surface area (Å²) < 4.78 is 10.3. The Labute approximate surface area is 156 Å². The van der Waals surface area contributed by atoms with Crippen molar-refractivity contribution in [2.75, 3.05) is 20.3 Å². The second kappa shape index (κ2) is 10.4. The monoisotopic (exact) mass is 350 g/mol. The van der Waals surface area contributed by atoms with Gasteiger partial charge in [0, 0.05) is 24.7 Å². The molecule has 0 aliphatic rings. The minimum absolute atomic E-state index is 0.151. The molecule has 0 spiro atoms. The van der Waals surface area contributed by atoms with Crippen molar-refractivity contribution in [1.29, 1.82) is 0 Å². The van der Waals surface area contributed by atoms with Crippen molar-refractivity contribution < 1.29 is 14.3 Å². The minimum Gasteiger partial charge on any atom is -0.494 e. The predicted molar refractivity (Wildman–Crippen MR) is 104 cm³/mol. The van der Waals surface area contributed by atoms with Gasteiger partial charge in [-0.2, -0.15) is 0 Å². The quantitative estimate of drug-likeness (QED) is 0.667. The maximum atomic E-state index is 11.6. The summed E-state index contributed by atoms with van der Waals surface area (Å²) in [5, 5.41) is 0. The van der Waals surface area contributed by atoms with Gasteiger partial charge in [0.05, 0.1) is 6.61 Å². The van der Waals surface area contributed by atoms with Gasteiger partial charge in [0.1, 0.15) is 12.4 Å². The first kappa shape index (κ1) is 19.8. The average molecular weight is 350 g/mol. The highest BCUT2D eigenvalue weighted by molar-refractivity contribution is 5.79. The van der Waals surface area contributed by atoms with Crippen LogP contribution in [-0.4, -0.2) is 26.1 Å². The first-order valence-corrected chi connectivity index (χ1v) is 8.95. The van der Waals surface area contributed by atoms with Crippen LogP contribution in [0.1, 0.15) is 37.0 Å². The van der Waals surface area contributed by atoms with E-state index in [1.807, 2.05) is 43.3 Å². The van der Waals surface area contributed by atoms with Gasteiger partial charge in [0.2, 0.25) is 0 Å². The molecule has 26 heavy (non-hydrogen) atoms. The third-order valence-corrected chi connectivity index (χ3v) is 3.94. The van der Waals surface area contributed by atoms with E-state index in [1.54, 1.807) is 7.11 Å². The van der Waals surface area contributed by atoms with Gasteiger partial charge in [-0.3, -0.25) is 4.79 Å². The summed E-state index contributed by atoms with van der Waals surface area (Å²) in [5.74, 6) is 7.66. The van der Waals surface area contributed by atoms with Crippen molar-refractivity contribution in [3.8, 4) is 17.6 Å². The Morgan fingerprint density at radius 3 is 2.12 bits per heavy atom. The number of methoxy groups -OCH3 is 1. The minimum atomic E-state index is 0.151. The largest absolute Gasteiger partial charge is 0.494 e. The lowest BCUT2D eigenvalue weighted by Gasteiger charge is -2.10. The number of Topliss-reactive ketones (excluding diaryl/α,β-unsaturated/α-hetero) is 1. The smallest absolute Gasteiger partial charge is 0.158 e. The van der Waals surface area contributed by atoms with Gasteiger partial charge in [-0.1, -0.05) is 30.9 Å². The van der Waals surface area contributed by atoms with Gasteiger partial charge in [0.25, 0.3) is 0 Å². The summed E-state index contributed by atoms with van der Waals surface area (Å²) in [6.07, 6.45) is 1.43. The van der Waals surface area contributed by atoms with Crippen molar-refractivity contribution in [3.63, 3.8) is 0 Å². The number of benzene rings is 2. The van der Waals surface area contributed by atoms with Crippen molar-refractivity contribution >= 4 is 5.78 Å². The van der Waals surface area contributed by atoms with Crippen LogP contribution in [0.25, 0.3) is 0 Å². The number of ketones is 1. The number of hydrogen-bond acceptors (Lipinski definition) is 3. The zero-order chi connectivity index (χ0) is 18.8. The van der Waals surface area contributed by atoms with Crippen molar-refractivity contribution in [2.45, 2.75) is 26.7 Å². The van der Waals surface area contributed by atoms with E-state index in [1.165, 1.54) is 5.56 Å². The van der Waals surface area contributed by atoms with Crippen LogP contribution in [0.4, 0.5) is 0 Å². The van der Waals surface area contributed by atoms with E-state index in [2.05, 4.69) is 30.9 Å². The van der Waals surface area contributed by atoms with Gasteiger partial charge in [-0.05, 0) is 61.2 Å². The molecule has 2 aromatic carbocycles. The number of carbonyl (C=O) groups is 1. The molecule has 0 amide bonds. The van der Waals surface area contributed by atoms with E-state index in [-0.39, 0.29) is 12.4 Å². The highest BCUT2D eigenvalue weighted by atomic mass is 16.5. The molecule has 1 unspecified atom stereocenters. The summed E-state index contributed by atoms with van der Waals surface area (Å²) in [5.41, 5.74) is 3.16. The Kier molecular flexibility index (Phi) is 7.92. The summed E-state index contributed by atoms with van der Waals surface area (Å²) >= 11 is 0. The molecule has 0 heterocycles. The Hall–Kier alpha value is -2.57. The zero-order valence-corrected chi connectivity index (χ0v) is 15.7. The molecule has 2 rings (SSSR count). The van der Waals surface area contributed by atoms with Crippen LogP contribution in [-0.2, 0) is 16.0 Å². The van der Waals surface area contributed by atoms with Crippen LogP contribution in [0, 0.1) is 17.8 Å². The molecule has 0 aliphatic heterocycles. The first-order chi connectivity index (χ1) is 12.6. The lowest BCUT2D eigenvalue weighted by Crippen LogP contribution is -2.12. The van der Waals surface area contributed by atoms with Gasteiger partial charge in [0.15, 0.2) is 5.78 Å². The van der Waals surface area contributed by atoms with E-state index < -0.39 is 0 Å². The summed E-state index contributed by atoms with van der Waals surface area (Å²) in [4.78, 5) is 11.6. The molecule has 0 aromatic heterocycles. The van der Waals surface area contributed by atoms with Crippen LogP contribution in [0.2, 0.25) is 0 Å². The number of ether oxygens (including phenoxy) is 2. The van der Waals surface area contributed by atoms with Crippen molar-refractivity contribution in [1.82, 2.24) is 0 Å². The molecule has 0 fully saturated rings. The van der Waals surface area contributed by atoms with Crippen molar-refractivity contribution in [2.24, 2.45) is 5.92 Å². The number of hydrogen-bond donors (Lipinski definition) is 0.